The van der Waals surface area contributed by atoms with Gasteiger partial charge in [0.15, 0.2) is 0 Å². The van der Waals surface area contributed by atoms with E-state index >= 15 is 0 Å². The Bertz CT molecular complexity index is 561. The normalized spacial score (nSPS) is 6.20. The molecule has 0 amide bonds. The van der Waals surface area contributed by atoms with Gasteiger partial charge in [-0.1, -0.05) is 66.8 Å². The van der Waals surface area contributed by atoms with Crippen LogP contribution in [0.15, 0.2) is 136 Å². The number of hydrogen-bond donors (Lipinski definition) is 0. The molecule has 0 saturated heterocycles. The molecular weight excluding hydrogens is 463 g/mol. The topological polar surface area (TPSA) is 57.2 Å². The second kappa shape index (κ2) is 76.9. The molecule has 198 valence electrons. The summed E-state index contributed by atoms with van der Waals surface area (Å²) in [6, 6.07) is 7.19. The van der Waals surface area contributed by atoms with E-state index in [1.165, 1.54) is 24.3 Å². The summed E-state index contributed by atoms with van der Waals surface area (Å²) in [7, 11) is -4.25. The van der Waals surface area contributed by atoms with Gasteiger partial charge in [0.2, 0.25) is 0 Å². The first-order valence-corrected chi connectivity index (χ1v) is 11.9. The molecule has 0 bridgehead atoms. The van der Waals surface area contributed by atoms with Crippen LogP contribution in [0.5, 0.6) is 0 Å². The van der Waals surface area contributed by atoms with Crippen molar-refractivity contribution in [2.45, 2.75) is 60.3 Å². The first-order chi connectivity index (χ1) is 15.9. The van der Waals surface area contributed by atoms with Gasteiger partial charge in [-0.25, -0.2) is 8.42 Å². The summed E-state index contributed by atoms with van der Waals surface area (Å²) < 4.78 is 30.8. The fourth-order valence-corrected chi connectivity index (χ4v) is 1.08. The molecule has 1 aromatic rings. The van der Waals surface area contributed by atoms with Crippen molar-refractivity contribution in [1.82, 2.24) is 0 Å². The Morgan fingerprint density at radius 3 is 0.743 bits per heavy atom. The molecule has 0 aliphatic heterocycles. The van der Waals surface area contributed by atoms with Gasteiger partial charge in [-0.15, -0.1) is 52.6 Å². The second-order valence-corrected chi connectivity index (χ2v) is 6.41. The van der Waals surface area contributed by atoms with E-state index in [0.29, 0.717) is 0 Å². The van der Waals surface area contributed by atoms with E-state index < -0.39 is 10.1 Å². The zero-order valence-electron chi connectivity index (χ0n) is 24.3. The van der Waals surface area contributed by atoms with Crippen LogP contribution in [-0.2, 0) is 10.1 Å². The smallest absolute Gasteiger partial charge is 0.744 e. The Kier molecular flexibility index (Phi) is 129. The second-order valence-electron chi connectivity index (χ2n) is 5.03. The Morgan fingerprint density at radius 2 is 0.657 bits per heavy atom. The van der Waals surface area contributed by atoms with Gasteiger partial charge in [-0.05, 0) is 67.5 Å². The minimum atomic E-state index is -4.25. The van der Waals surface area contributed by atoms with Gasteiger partial charge in [0, 0.05) is 0 Å². The molecule has 0 saturated carbocycles. The molecule has 0 heterocycles. The third kappa shape index (κ3) is 199. The van der Waals surface area contributed by atoms with Crippen LogP contribution in [0.2, 0.25) is 0 Å². The predicted octanol–water partition coefficient (Wildman–Crippen LogP) is 7.13. The molecule has 1 rings (SSSR count). The summed E-state index contributed by atoms with van der Waals surface area (Å²) in [5.74, 6) is 0. The maximum absolute atomic E-state index is 10.3. The monoisotopic (exact) mass is 516 g/mol. The molecule has 0 atom stereocenters. The molecule has 0 aliphatic rings. The van der Waals surface area contributed by atoms with Crippen LogP contribution in [-0.4, -0.2) is 13.0 Å². The molecule has 0 N–H and O–H groups in total. The molecule has 35 heavy (non-hydrogen) atoms. The van der Waals surface area contributed by atoms with Crippen molar-refractivity contribution >= 4 is 10.1 Å². The van der Waals surface area contributed by atoms with E-state index in [2.05, 4.69) is 52.6 Å². The zero-order chi connectivity index (χ0) is 29.3. The largest absolute Gasteiger partial charge is 1.00 e. The van der Waals surface area contributed by atoms with E-state index in [0.717, 1.165) is 0 Å². The molecule has 3 nitrogen and oxygen atoms in total. The number of rotatable bonds is 1. The van der Waals surface area contributed by atoms with E-state index in [-0.39, 0.29) is 34.5 Å². The van der Waals surface area contributed by atoms with Crippen LogP contribution in [0.25, 0.3) is 0 Å². The fraction of sp³-hybridized carbons (Fsp3) is 0.267. The molecule has 0 spiro atoms. The van der Waals surface area contributed by atoms with Crippen molar-refractivity contribution < 1.29 is 42.5 Å². The van der Waals surface area contributed by atoms with Gasteiger partial charge >= 0.3 is 29.6 Å². The molecule has 5 heteroatoms. The van der Waals surface area contributed by atoms with Crippen LogP contribution < -0.4 is 29.6 Å². The Hall–Kier alpha value is -1.95. The number of benzene rings is 1. The van der Waals surface area contributed by atoms with Gasteiger partial charge in [-0.3, -0.25) is 0 Å². The van der Waals surface area contributed by atoms with Gasteiger partial charge in [-0.2, -0.15) is 0 Å². The van der Waals surface area contributed by atoms with E-state index in [9.17, 15) is 13.0 Å². The van der Waals surface area contributed by atoms with Crippen molar-refractivity contribution in [3.05, 3.63) is 132 Å². The maximum Gasteiger partial charge on any atom is 1.00 e. The van der Waals surface area contributed by atoms with Crippen LogP contribution in [0.3, 0.4) is 0 Å². The summed E-state index contributed by atoms with van der Waals surface area (Å²) >= 11 is 0. The average molecular weight is 517 g/mol. The average Bonchev–Trinajstić information content (AvgIpc) is 2.73. The maximum atomic E-state index is 10.3. The Balaban J connectivity index is -0.0000000334. The van der Waals surface area contributed by atoms with Gasteiger partial charge in [0.1, 0.15) is 10.1 Å². The van der Waals surface area contributed by atoms with Crippen molar-refractivity contribution in [1.29, 1.82) is 0 Å². The van der Waals surface area contributed by atoms with E-state index in [1.54, 1.807) is 54.7 Å². The summed E-state index contributed by atoms with van der Waals surface area (Å²) in [6.07, 6.45) is 14.0. The van der Waals surface area contributed by atoms with Gasteiger partial charge in [0.25, 0.3) is 0 Å². The molecule has 0 fully saturated rings. The first kappa shape index (κ1) is 58.7. The molecule has 0 aromatic heterocycles. The summed E-state index contributed by atoms with van der Waals surface area (Å²) in [5, 5.41) is 0. The summed E-state index contributed by atoms with van der Waals surface area (Å²) in [5.41, 5.74) is 0. The fourth-order valence-electron chi connectivity index (χ4n) is 0.587. The molecule has 0 aliphatic carbocycles. The Morgan fingerprint density at radius 1 is 0.514 bits per heavy atom. The van der Waals surface area contributed by atoms with Crippen molar-refractivity contribution in [3.8, 4) is 0 Å². The standard InChI is InChI=1S/C6H6O3S.8C3H6.Na/c7-10(8,9)6-4-2-1-3-5-6;8*1-3-2;/h1-5H,(H,7,8,9);8*3H,1H2,2H3;/q;;;;;;;;;+1/p-1. The van der Waals surface area contributed by atoms with Crippen LogP contribution in [0.4, 0.5) is 0 Å². The number of allylic oxidation sites excluding steroid dienone is 8. The SMILES string of the molecule is C=CC.C=CC.C=CC.C=CC.C=CC.C=CC.C=CC.C=CC.O=S(=O)([O-])c1ccccc1.[Na+]. The summed E-state index contributed by atoms with van der Waals surface area (Å²) in [6.45, 7) is 42.0. The molecule has 0 unspecified atom stereocenters. The quantitative estimate of drug-likeness (QED) is 0.227. The van der Waals surface area contributed by atoms with E-state index in [1.807, 2.05) is 55.4 Å². The third-order valence-corrected chi connectivity index (χ3v) is 1.88. The van der Waals surface area contributed by atoms with Gasteiger partial charge in [0.05, 0.1) is 4.90 Å². The molecular formula is C30H53NaO3S. The minimum Gasteiger partial charge on any atom is -0.744 e. The van der Waals surface area contributed by atoms with Crippen molar-refractivity contribution in [2.75, 3.05) is 0 Å². The Labute approximate surface area is 243 Å². The molecule has 1 aromatic carbocycles. The van der Waals surface area contributed by atoms with Crippen molar-refractivity contribution in [2.24, 2.45) is 0 Å². The van der Waals surface area contributed by atoms with Gasteiger partial charge < -0.3 is 4.55 Å². The molecule has 0 radical (unpaired) electrons. The van der Waals surface area contributed by atoms with Crippen LogP contribution in [0, 0.1) is 0 Å². The zero-order valence-corrected chi connectivity index (χ0v) is 27.1. The predicted molar refractivity (Wildman–Crippen MR) is 161 cm³/mol. The first-order valence-electron chi connectivity index (χ1n) is 10.5. The van der Waals surface area contributed by atoms with Crippen LogP contribution >= 0.6 is 0 Å². The minimum absolute atomic E-state index is 0. The number of hydrogen-bond acceptors (Lipinski definition) is 3. The summed E-state index contributed by atoms with van der Waals surface area (Å²) in [4.78, 5) is -0.185. The van der Waals surface area contributed by atoms with E-state index in [4.69, 9.17) is 0 Å². The van der Waals surface area contributed by atoms with Crippen LogP contribution in [0.1, 0.15) is 55.4 Å². The van der Waals surface area contributed by atoms with Crippen molar-refractivity contribution in [3.63, 3.8) is 0 Å². The third-order valence-electron chi connectivity index (χ3n) is 1.03.